The highest BCUT2D eigenvalue weighted by Gasteiger charge is 2.42. The summed E-state index contributed by atoms with van der Waals surface area (Å²) in [6.45, 7) is -0.361. The molecule has 0 radical (unpaired) electrons. The summed E-state index contributed by atoms with van der Waals surface area (Å²) in [6, 6.07) is 6.43. The maximum atomic E-state index is 12.1. The Morgan fingerprint density at radius 2 is 1.63 bits per heavy atom. The van der Waals surface area contributed by atoms with E-state index in [2.05, 4.69) is 5.32 Å². The normalized spacial score (nSPS) is 31.5. The van der Waals surface area contributed by atoms with Gasteiger partial charge in [-0.3, -0.25) is 0 Å². The van der Waals surface area contributed by atoms with Gasteiger partial charge in [0.15, 0.2) is 9.84 Å². The number of nitrogens with one attached hydrogen (secondary N) is 1. The molecule has 1 aromatic rings. The number of benzene rings is 1. The summed E-state index contributed by atoms with van der Waals surface area (Å²) in [5.41, 5.74) is 0. The van der Waals surface area contributed by atoms with Crippen LogP contribution in [-0.4, -0.2) is 60.4 Å². The van der Waals surface area contributed by atoms with Gasteiger partial charge in [-0.2, -0.15) is 0 Å². The lowest BCUT2D eigenvalue weighted by Crippen LogP contribution is -2.40. The zero-order valence-corrected chi connectivity index (χ0v) is 11.0. The highest BCUT2D eigenvalue weighted by atomic mass is 32.2. The van der Waals surface area contributed by atoms with Gasteiger partial charge in [0, 0.05) is 0 Å². The maximum Gasteiger partial charge on any atom is 0.180 e. The number of rotatable bonds is 4. The molecule has 0 aromatic heterocycles. The first-order valence-corrected chi connectivity index (χ1v) is 7.62. The molecule has 0 saturated carbocycles. The first kappa shape index (κ1) is 14.4. The van der Waals surface area contributed by atoms with E-state index in [1.165, 1.54) is 12.1 Å². The second-order valence-corrected chi connectivity index (χ2v) is 6.67. The number of hydrogen-bond donors (Lipinski definition) is 4. The highest BCUT2D eigenvalue weighted by molar-refractivity contribution is 7.91. The smallest absolute Gasteiger partial charge is 0.180 e. The molecular formula is C12H17NO5S. The lowest BCUT2D eigenvalue weighted by Gasteiger charge is -2.15. The summed E-state index contributed by atoms with van der Waals surface area (Å²) in [5.74, 6) is -0.328. The van der Waals surface area contributed by atoms with Crippen LogP contribution in [0.2, 0.25) is 0 Å². The molecule has 4 atom stereocenters. The van der Waals surface area contributed by atoms with Crippen molar-refractivity contribution in [3.63, 3.8) is 0 Å². The first-order valence-electron chi connectivity index (χ1n) is 5.96. The number of sulfone groups is 1. The van der Waals surface area contributed by atoms with Crippen LogP contribution in [0.4, 0.5) is 0 Å². The molecule has 0 unspecified atom stereocenters. The van der Waals surface area contributed by atoms with Crippen LogP contribution in [0.1, 0.15) is 0 Å². The van der Waals surface area contributed by atoms with Crippen LogP contribution in [0.3, 0.4) is 0 Å². The molecule has 6 nitrogen and oxygen atoms in total. The van der Waals surface area contributed by atoms with Crippen molar-refractivity contribution in [2.45, 2.75) is 29.2 Å². The van der Waals surface area contributed by atoms with E-state index in [1.54, 1.807) is 18.2 Å². The molecule has 1 heterocycles. The topological polar surface area (TPSA) is 107 Å². The average Bonchev–Trinajstić information content (AvgIpc) is 2.67. The van der Waals surface area contributed by atoms with Gasteiger partial charge in [0.1, 0.15) is 0 Å². The van der Waals surface area contributed by atoms with Crippen LogP contribution in [0, 0.1) is 0 Å². The van der Waals surface area contributed by atoms with E-state index >= 15 is 0 Å². The number of hydrogen-bond acceptors (Lipinski definition) is 6. The van der Waals surface area contributed by atoms with Gasteiger partial charge in [-0.15, -0.1) is 0 Å². The summed E-state index contributed by atoms with van der Waals surface area (Å²) in [7, 11) is -3.55. The summed E-state index contributed by atoms with van der Waals surface area (Å²) >= 11 is 0. The molecule has 1 aliphatic heterocycles. The molecule has 7 heteroatoms. The lowest BCUT2D eigenvalue weighted by molar-refractivity contribution is 0.0217. The van der Waals surface area contributed by atoms with Gasteiger partial charge in [0.25, 0.3) is 0 Å². The first-order chi connectivity index (χ1) is 8.95. The molecule has 1 aliphatic rings. The van der Waals surface area contributed by atoms with E-state index < -0.39 is 34.1 Å². The Kier molecular flexibility index (Phi) is 4.22. The van der Waals surface area contributed by atoms with Gasteiger partial charge in [-0.25, -0.2) is 8.42 Å². The molecule has 106 valence electrons. The summed E-state index contributed by atoms with van der Waals surface area (Å²) in [6.07, 6.45) is -2.38. The Morgan fingerprint density at radius 1 is 1.05 bits per heavy atom. The quantitative estimate of drug-likeness (QED) is 0.538. The third-order valence-corrected chi connectivity index (χ3v) is 5.09. The molecule has 1 fully saturated rings. The standard InChI is InChI=1S/C12H17NO5S/c14-6-9-11(15)12(16)10(13-9)7-19(17,18)8-4-2-1-3-5-8/h1-5,9-16H,6-7H2/t9-,10+,11-,12-/m1/s1. The fourth-order valence-corrected chi connectivity index (χ4v) is 3.75. The molecule has 0 bridgehead atoms. The predicted octanol–water partition coefficient (Wildman–Crippen LogP) is -1.49. The van der Waals surface area contributed by atoms with E-state index in [-0.39, 0.29) is 17.3 Å². The number of aliphatic hydroxyl groups is 3. The maximum absolute atomic E-state index is 12.1. The molecule has 1 aromatic carbocycles. The molecule has 0 aliphatic carbocycles. The van der Waals surface area contributed by atoms with Crippen LogP contribution >= 0.6 is 0 Å². The molecule has 19 heavy (non-hydrogen) atoms. The van der Waals surface area contributed by atoms with Crippen LogP contribution in [0.15, 0.2) is 35.2 Å². The van der Waals surface area contributed by atoms with Crippen molar-refractivity contribution in [2.24, 2.45) is 0 Å². The van der Waals surface area contributed by atoms with E-state index in [0.29, 0.717) is 0 Å². The van der Waals surface area contributed by atoms with Crippen LogP contribution in [0.25, 0.3) is 0 Å². The Labute approximate surface area is 111 Å². The summed E-state index contributed by atoms with van der Waals surface area (Å²) in [5, 5.41) is 31.2. The van der Waals surface area contributed by atoms with Crippen molar-refractivity contribution in [3.8, 4) is 0 Å². The SMILES string of the molecule is O=S(=O)(C[C@@H]1N[C@H](CO)[C@@H](O)[C@@H]1O)c1ccccc1. The van der Waals surface area contributed by atoms with Crippen molar-refractivity contribution in [2.75, 3.05) is 12.4 Å². The monoisotopic (exact) mass is 287 g/mol. The largest absolute Gasteiger partial charge is 0.395 e. The minimum Gasteiger partial charge on any atom is -0.395 e. The van der Waals surface area contributed by atoms with Crippen molar-refractivity contribution in [1.82, 2.24) is 5.32 Å². The van der Waals surface area contributed by atoms with E-state index in [0.717, 1.165) is 0 Å². The zero-order valence-electron chi connectivity index (χ0n) is 10.2. The van der Waals surface area contributed by atoms with E-state index in [1.807, 2.05) is 0 Å². The third kappa shape index (κ3) is 2.96. The lowest BCUT2D eigenvalue weighted by atomic mass is 10.1. The van der Waals surface area contributed by atoms with Crippen LogP contribution in [0.5, 0.6) is 0 Å². The fourth-order valence-electron chi connectivity index (χ4n) is 2.22. The van der Waals surface area contributed by atoms with Crippen molar-refractivity contribution in [1.29, 1.82) is 0 Å². The van der Waals surface area contributed by atoms with Crippen molar-refractivity contribution < 1.29 is 23.7 Å². The minimum atomic E-state index is -3.55. The molecular weight excluding hydrogens is 270 g/mol. The Balaban J connectivity index is 2.14. The second kappa shape index (κ2) is 5.56. The zero-order chi connectivity index (χ0) is 14.0. The summed E-state index contributed by atoms with van der Waals surface area (Å²) in [4.78, 5) is 0.172. The van der Waals surface area contributed by atoms with Crippen LogP contribution < -0.4 is 5.32 Å². The van der Waals surface area contributed by atoms with Crippen LogP contribution in [-0.2, 0) is 9.84 Å². The summed E-state index contributed by atoms with van der Waals surface area (Å²) < 4.78 is 24.3. The fraction of sp³-hybridized carbons (Fsp3) is 0.500. The van der Waals surface area contributed by atoms with E-state index in [4.69, 9.17) is 5.11 Å². The second-order valence-electron chi connectivity index (χ2n) is 4.64. The molecule has 0 amide bonds. The van der Waals surface area contributed by atoms with Gasteiger partial charge in [-0.1, -0.05) is 18.2 Å². The molecule has 1 saturated heterocycles. The number of aliphatic hydroxyl groups excluding tert-OH is 3. The van der Waals surface area contributed by atoms with Gasteiger partial charge >= 0.3 is 0 Å². The molecule has 4 N–H and O–H groups in total. The Bertz CT molecular complexity index is 518. The van der Waals surface area contributed by atoms with Crippen molar-refractivity contribution in [3.05, 3.63) is 30.3 Å². The Morgan fingerprint density at radius 3 is 2.16 bits per heavy atom. The van der Waals surface area contributed by atoms with E-state index in [9.17, 15) is 18.6 Å². The molecule has 0 spiro atoms. The van der Waals surface area contributed by atoms with Gasteiger partial charge in [-0.05, 0) is 12.1 Å². The van der Waals surface area contributed by atoms with Gasteiger partial charge < -0.3 is 20.6 Å². The average molecular weight is 287 g/mol. The third-order valence-electron chi connectivity index (χ3n) is 3.30. The van der Waals surface area contributed by atoms with Gasteiger partial charge in [0.05, 0.1) is 41.5 Å². The Hall–Kier alpha value is -0.990. The van der Waals surface area contributed by atoms with Gasteiger partial charge in [0.2, 0.25) is 0 Å². The molecule has 2 rings (SSSR count). The highest BCUT2D eigenvalue weighted by Crippen LogP contribution is 2.19. The minimum absolute atomic E-state index is 0.172. The predicted molar refractivity (Wildman–Crippen MR) is 68.3 cm³/mol. The van der Waals surface area contributed by atoms with Crippen molar-refractivity contribution >= 4 is 9.84 Å².